The average Bonchev–Trinajstić information content (AvgIpc) is 2.61. The molecule has 27 heavy (non-hydrogen) atoms. The molecule has 0 aliphatic carbocycles. The van der Waals surface area contributed by atoms with Crippen molar-refractivity contribution < 1.29 is 13.2 Å². The summed E-state index contributed by atoms with van der Waals surface area (Å²) in [6.45, 7) is 7.48. The summed E-state index contributed by atoms with van der Waals surface area (Å²) in [6.07, 6.45) is 3.01. The van der Waals surface area contributed by atoms with Crippen LogP contribution in [-0.2, 0) is 10.0 Å². The van der Waals surface area contributed by atoms with Gasteiger partial charge in [0.1, 0.15) is 0 Å². The molecule has 0 aromatic heterocycles. The number of carbonyl (C=O) groups excluding carboxylic acids is 1. The first-order valence-electron chi connectivity index (χ1n) is 7.87. The molecule has 0 saturated carbocycles. The van der Waals surface area contributed by atoms with E-state index in [2.05, 4.69) is 18.5 Å². The molecule has 1 amide bonds. The van der Waals surface area contributed by atoms with E-state index >= 15 is 0 Å². The first-order valence-corrected chi connectivity index (χ1v) is 10.1. The molecule has 2 aromatic rings. The summed E-state index contributed by atoms with van der Waals surface area (Å²) in [5, 5.41) is 3.37. The van der Waals surface area contributed by atoms with Gasteiger partial charge in [0, 0.05) is 34.4 Å². The van der Waals surface area contributed by atoms with Gasteiger partial charge >= 0.3 is 0 Å². The van der Waals surface area contributed by atoms with E-state index in [1.54, 1.807) is 0 Å². The van der Waals surface area contributed by atoms with Crippen molar-refractivity contribution in [1.82, 2.24) is 4.31 Å². The number of anilines is 1. The Hall–Kier alpha value is -2.12. The van der Waals surface area contributed by atoms with E-state index in [4.69, 9.17) is 23.2 Å². The third kappa shape index (κ3) is 5.43. The zero-order valence-corrected chi connectivity index (χ0v) is 16.7. The van der Waals surface area contributed by atoms with Crippen LogP contribution in [-0.4, -0.2) is 31.7 Å². The van der Waals surface area contributed by atoms with Crippen LogP contribution in [0.4, 0.5) is 5.69 Å². The van der Waals surface area contributed by atoms with Crippen molar-refractivity contribution in [3.8, 4) is 0 Å². The fourth-order valence-corrected chi connectivity index (χ4v) is 4.21. The van der Waals surface area contributed by atoms with Crippen LogP contribution in [0.15, 0.2) is 72.7 Å². The molecule has 0 saturated heterocycles. The summed E-state index contributed by atoms with van der Waals surface area (Å²) in [7, 11) is -3.69. The molecule has 8 heteroatoms. The third-order valence-corrected chi connectivity index (χ3v) is 5.82. The van der Waals surface area contributed by atoms with Crippen LogP contribution in [0, 0.1) is 0 Å². The number of sulfonamides is 1. The maximum Gasteiger partial charge on any atom is 0.255 e. The second-order valence-corrected chi connectivity index (χ2v) is 8.35. The molecule has 0 aliphatic heterocycles. The van der Waals surface area contributed by atoms with Gasteiger partial charge in [-0.2, -0.15) is 4.31 Å². The van der Waals surface area contributed by atoms with Crippen molar-refractivity contribution in [2.45, 2.75) is 4.90 Å². The molecule has 0 atom stereocenters. The van der Waals surface area contributed by atoms with Gasteiger partial charge in [-0.05, 0) is 42.5 Å². The maximum absolute atomic E-state index is 12.7. The molecule has 5 nitrogen and oxygen atoms in total. The number of amides is 1. The molecule has 0 bridgehead atoms. The zero-order valence-electron chi connectivity index (χ0n) is 14.4. The second kappa shape index (κ2) is 9.19. The van der Waals surface area contributed by atoms with Crippen molar-refractivity contribution in [3.63, 3.8) is 0 Å². The van der Waals surface area contributed by atoms with Gasteiger partial charge in [-0.1, -0.05) is 35.4 Å². The van der Waals surface area contributed by atoms with Crippen LogP contribution >= 0.6 is 23.2 Å². The quantitative estimate of drug-likeness (QED) is 0.629. The summed E-state index contributed by atoms with van der Waals surface area (Å²) < 4.78 is 26.6. The van der Waals surface area contributed by atoms with E-state index in [9.17, 15) is 13.2 Å². The summed E-state index contributed by atoms with van der Waals surface area (Å²) in [4.78, 5) is 12.4. The first-order chi connectivity index (χ1) is 12.8. The molecule has 0 aliphatic rings. The summed E-state index contributed by atoms with van der Waals surface area (Å²) in [6, 6.07) is 10.4. The van der Waals surface area contributed by atoms with Crippen LogP contribution < -0.4 is 5.32 Å². The number of nitrogens with one attached hydrogen (secondary N) is 1. The Bertz CT molecular complexity index is 927. The SMILES string of the molecule is C=CCN(CC=C)S(=O)(=O)c1ccc(NC(=O)c2cc(Cl)cc(Cl)c2)cc1. The Labute approximate surface area is 169 Å². The molecule has 142 valence electrons. The number of benzene rings is 2. The number of carbonyl (C=O) groups is 1. The van der Waals surface area contributed by atoms with Crippen LogP contribution in [0.25, 0.3) is 0 Å². The highest BCUT2D eigenvalue weighted by Gasteiger charge is 2.22. The van der Waals surface area contributed by atoms with Crippen LogP contribution in [0.2, 0.25) is 10.0 Å². The highest BCUT2D eigenvalue weighted by Crippen LogP contribution is 2.22. The van der Waals surface area contributed by atoms with E-state index in [1.165, 1.54) is 58.9 Å². The zero-order chi connectivity index (χ0) is 20.0. The minimum Gasteiger partial charge on any atom is -0.322 e. The monoisotopic (exact) mass is 424 g/mol. The Kier molecular flexibility index (Phi) is 7.21. The Morgan fingerprint density at radius 2 is 1.52 bits per heavy atom. The number of nitrogens with zero attached hydrogens (tertiary/aromatic N) is 1. The second-order valence-electron chi connectivity index (χ2n) is 5.54. The molecule has 2 rings (SSSR count). The van der Waals surface area contributed by atoms with Gasteiger partial charge in [0.05, 0.1) is 4.90 Å². The van der Waals surface area contributed by atoms with Crippen molar-refractivity contribution in [2.75, 3.05) is 18.4 Å². The molecule has 2 aromatic carbocycles. The fraction of sp³-hybridized carbons (Fsp3) is 0.105. The number of halogens is 2. The number of rotatable bonds is 8. The number of hydrogen-bond acceptors (Lipinski definition) is 3. The lowest BCUT2D eigenvalue weighted by molar-refractivity contribution is 0.102. The van der Waals surface area contributed by atoms with Crippen molar-refractivity contribution in [1.29, 1.82) is 0 Å². The lowest BCUT2D eigenvalue weighted by atomic mass is 10.2. The van der Waals surface area contributed by atoms with Crippen LogP contribution in [0.3, 0.4) is 0 Å². The molecule has 0 spiro atoms. The van der Waals surface area contributed by atoms with E-state index in [1.807, 2.05) is 0 Å². The number of hydrogen-bond donors (Lipinski definition) is 1. The minimum absolute atomic E-state index is 0.106. The Morgan fingerprint density at radius 3 is 2.00 bits per heavy atom. The van der Waals surface area contributed by atoms with Crippen LogP contribution in [0.5, 0.6) is 0 Å². The van der Waals surface area contributed by atoms with Gasteiger partial charge in [-0.25, -0.2) is 8.42 Å². The predicted octanol–water partition coefficient (Wildman–Crippen LogP) is 4.61. The summed E-state index contributed by atoms with van der Waals surface area (Å²) in [5.41, 5.74) is 0.737. The van der Waals surface area contributed by atoms with Crippen molar-refractivity contribution >= 4 is 44.8 Å². The van der Waals surface area contributed by atoms with E-state index in [0.29, 0.717) is 21.3 Å². The predicted molar refractivity (Wildman–Crippen MR) is 110 cm³/mol. The summed E-state index contributed by atoms with van der Waals surface area (Å²) >= 11 is 11.8. The van der Waals surface area contributed by atoms with Gasteiger partial charge in [0.15, 0.2) is 0 Å². The van der Waals surface area contributed by atoms with Crippen molar-refractivity contribution in [3.05, 3.63) is 83.4 Å². The van der Waals surface area contributed by atoms with Crippen molar-refractivity contribution in [2.24, 2.45) is 0 Å². The van der Waals surface area contributed by atoms with Gasteiger partial charge in [-0.15, -0.1) is 13.2 Å². The van der Waals surface area contributed by atoms with E-state index in [0.717, 1.165) is 0 Å². The summed E-state index contributed by atoms with van der Waals surface area (Å²) in [5.74, 6) is -0.407. The maximum atomic E-state index is 12.7. The topological polar surface area (TPSA) is 66.5 Å². The normalized spacial score (nSPS) is 11.2. The minimum atomic E-state index is -3.69. The standard InChI is InChI=1S/C19H18Cl2N2O3S/c1-3-9-23(10-4-2)27(25,26)18-7-5-17(6-8-18)22-19(24)14-11-15(20)13-16(21)12-14/h3-8,11-13H,1-2,9-10H2,(H,22,24). The van der Waals surface area contributed by atoms with Gasteiger partial charge in [0.2, 0.25) is 10.0 Å². The molecular weight excluding hydrogens is 407 g/mol. The van der Waals surface area contributed by atoms with Gasteiger partial charge in [0.25, 0.3) is 5.91 Å². The van der Waals surface area contributed by atoms with E-state index < -0.39 is 15.9 Å². The Morgan fingerprint density at radius 1 is 1.00 bits per heavy atom. The molecule has 1 N–H and O–H groups in total. The fourth-order valence-electron chi connectivity index (χ4n) is 2.31. The first kappa shape index (κ1) is 21.2. The lowest BCUT2D eigenvalue weighted by Crippen LogP contribution is -2.31. The molecular formula is C19H18Cl2N2O3S. The Balaban J connectivity index is 2.20. The van der Waals surface area contributed by atoms with Gasteiger partial charge < -0.3 is 5.32 Å². The molecule has 0 unspecified atom stereocenters. The molecule has 0 radical (unpaired) electrons. The smallest absolute Gasteiger partial charge is 0.255 e. The average molecular weight is 425 g/mol. The highest BCUT2D eigenvalue weighted by atomic mass is 35.5. The molecule has 0 heterocycles. The third-order valence-electron chi connectivity index (χ3n) is 3.54. The largest absolute Gasteiger partial charge is 0.322 e. The van der Waals surface area contributed by atoms with Gasteiger partial charge in [-0.3, -0.25) is 4.79 Å². The van der Waals surface area contributed by atoms with Crippen LogP contribution in [0.1, 0.15) is 10.4 Å². The molecule has 0 fully saturated rings. The lowest BCUT2D eigenvalue weighted by Gasteiger charge is -2.19. The highest BCUT2D eigenvalue weighted by molar-refractivity contribution is 7.89. The van der Waals surface area contributed by atoms with E-state index in [-0.39, 0.29) is 18.0 Å².